The number of pyridine rings is 2. The molecular weight excluding hydrogens is 393 g/mol. The van der Waals surface area contributed by atoms with Crippen molar-refractivity contribution in [3.8, 4) is 5.88 Å². The maximum atomic E-state index is 12.3. The Morgan fingerprint density at radius 3 is 2.57 bits per heavy atom. The lowest BCUT2D eigenvalue weighted by molar-refractivity contribution is -0.139. The second-order valence-electron chi connectivity index (χ2n) is 7.13. The first kappa shape index (κ1) is 23.5. The Hall–Kier alpha value is -2.77. The number of ether oxygens (including phenoxy) is 1. The minimum atomic E-state index is -4.25. The van der Waals surface area contributed by atoms with Crippen LogP contribution in [0.1, 0.15) is 55.1 Å². The van der Waals surface area contributed by atoms with Crippen molar-refractivity contribution in [3.05, 3.63) is 52.9 Å². The van der Waals surface area contributed by atoms with Gasteiger partial charge in [-0.05, 0) is 51.0 Å². The summed E-state index contributed by atoms with van der Waals surface area (Å²) in [6.07, 6.45) is -0.757. The van der Waals surface area contributed by atoms with Crippen LogP contribution in [0, 0.1) is 13.8 Å². The molecule has 0 aromatic carbocycles. The van der Waals surface area contributed by atoms with Gasteiger partial charge in [-0.3, -0.25) is 0 Å². The molecule has 1 unspecified atom stereocenters. The Morgan fingerprint density at radius 1 is 1.23 bits per heavy atom. The normalized spacial score (nSPS) is 13.1. The van der Waals surface area contributed by atoms with Crippen LogP contribution in [0.15, 0.2) is 30.5 Å². The quantitative estimate of drug-likeness (QED) is 0.553. The number of alkyl halides is 3. The van der Waals surface area contributed by atoms with Crippen LogP contribution in [0.3, 0.4) is 0 Å². The zero-order valence-corrected chi connectivity index (χ0v) is 18.0. The van der Waals surface area contributed by atoms with Crippen molar-refractivity contribution in [3.63, 3.8) is 0 Å². The highest BCUT2D eigenvalue weighted by molar-refractivity contribution is 5.65. The fourth-order valence-electron chi connectivity index (χ4n) is 2.98. The lowest BCUT2D eigenvalue weighted by Crippen LogP contribution is -2.18. The van der Waals surface area contributed by atoms with Crippen LogP contribution in [0.25, 0.3) is 5.70 Å². The number of nitrogens with one attached hydrogen (secondary N) is 2. The molecule has 8 heteroatoms. The van der Waals surface area contributed by atoms with Gasteiger partial charge in [0.05, 0.1) is 13.0 Å². The molecular formula is C22H29F3N4O. The number of aromatic nitrogens is 2. The van der Waals surface area contributed by atoms with Crippen LogP contribution < -0.4 is 15.4 Å². The molecule has 1 atom stereocenters. The third-order valence-corrected chi connectivity index (χ3v) is 4.48. The zero-order valence-electron chi connectivity index (χ0n) is 18.0. The summed E-state index contributed by atoms with van der Waals surface area (Å²) in [4.78, 5) is 8.65. The minimum absolute atomic E-state index is 0.0135. The van der Waals surface area contributed by atoms with Crippen LogP contribution in [0.2, 0.25) is 0 Å². The van der Waals surface area contributed by atoms with Crippen LogP contribution in [0.4, 0.5) is 19.0 Å². The lowest BCUT2D eigenvalue weighted by atomic mass is 10.1. The van der Waals surface area contributed by atoms with E-state index in [1.807, 2.05) is 39.1 Å². The molecule has 2 N–H and O–H groups in total. The maximum Gasteiger partial charge on any atom is 0.392 e. The van der Waals surface area contributed by atoms with Gasteiger partial charge in [-0.25, -0.2) is 9.97 Å². The topological polar surface area (TPSA) is 59.1 Å². The zero-order chi connectivity index (χ0) is 22.3. The molecule has 5 nitrogen and oxygen atoms in total. The molecule has 2 aromatic rings. The van der Waals surface area contributed by atoms with E-state index in [-0.39, 0.29) is 11.9 Å². The smallest absolute Gasteiger partial charge is 0.392 e. The van der Waals surface area contributed by atoms with Crippen LogP contribution in [-0.2, 0) is 0 Å². The first-order valence-electron chi connectivity index (χ1n) is 9.92. The molecule has 0 amide bonds. The van der Waals surface area contributed by atoms with Gasteiger partial charge in [0.2, 0.25) is 5.88 Å². The van der Waals surface area contributed by atoms with Gasteiger partial charge in [-0.2, -0.15) is 13.2 Å². The number of anilines is 1. The van der Waals surface area contributed by atoms with Gasteiger partial charge >= 0.3 is 6.18 Å². The molecule has 0 fully saturated rings. The fourth-order valence-corrected chi connectivity index (χ4v) is 2.98. The molecule has 0 aliphatic carbocycles. The molecule has 0 aliphatic heterocycles. The summed E-state index contributed by atoms with van der Waals surface area (Å²) in [6, 6.07) is 5.91. The highest BCUT2D eigenvalue weighted by Crippen LogP contribution is 2.25. The Kier molecular flexibility index (Phi) is 8.08. The molecule has 0 saturated heterocycles. The molecule has 0 saturated carbocycles. The summed E-state index contributed by atoms with van der Waals surface area (Å²) in [6.45, 7) is 7.38. The molecule has 30 heavy (non-hydrogen) atoms. The summed E-state index contributed by atoms with van der Waals surface area (Å²) in [7, 11) is 1.83. The monoisotopic (exact) mass is 422 g/mol. The van der Waals surface area contributed by atoms with E-state index in [1.54, 1.807) is 13.1 Å². The SMILES string of the molecule is CC/C=C(/NC(C)c1cc(C)nc(NC)c1)c1cnc(OCCC(F)(F)F)c(C)c1. The first-order chi connectivity index (χ1) is 14.1. The summed E-state index contributed by atoms with van der Waals surface area (Å²) in [5.41, 5.74) is 4.45. The van der Waals surface area contributed by atoms with Gasteiger partial charge in [0.15, 0.2) is 0 Å². The summed E-state index contributed by atoms with van der Waals surface area (Å²) < 4.78 is 42.2. The summed E-state index contributed by atoms with van der Waals surface area (Å²) >= 11 is 0. The predicted molar refractivity (Wildman–Crippen MR) is 113 cm³/mol. The van der Waals surface area contributed by atoms with Gasteiger partial charge in [0, 0.05) is 41.8 Å². The lowest BCUT2D eigenvalue weighted by Gasteiger charge is -2.20. The van der Waals surface area contributed by atoms with Crippen LogP contribution in [-0.4, -0.2) is 29.8 Å². The Bertz CT molecular complexity index is 881. The van der Waals surface area contributed by atoms with E-state index in [9.17, 15) is 13.2 Å². The van der Waals surface area contributed by atoms with Crippen LogP contribution >= 0.6 is 0 Å². The van der Waals surface area contributed by atoms with E-state index in [0.29, 0.717) is 5.56 Å². The number of nitrogens with zero attached hydrogens (tertiary/aromatic N) is 2. The van der Waals surface area contributed by atoms with Crippen LogP contribution in [0.5, 0.6) is 5.88 Å². The molecule has 0 aliphatic rings. The number of rotatable bonds is 9. The third-order valence-electron chi connectivity index (χ3n) is 4.48. The number of aryl methyl sites for hydroxylation is 2. The average Bonchev–Trinajstić information content (AvgIpc) is 2.67. The van der Waals surface area contributed by atoms with Crippen molar-refractivity contribution >= 4 is 11.5 Å². The molecule has 0 bridgehead atoms. The molecule has 2 aromatic heterocycles. The molecule has 0 radical (unpaired) electrons. The molecule has 2 rings (SSSR count). The van der Waals surface area contributed by atoms with Gasteiger partial charge < -0.3 is 15.4 Å². The molecule has 164 valence electrons. The van der Waals surface area contributed by atoms with Gasteiger partial charge in [0.1, 0.15) is 5.82 Å². The number of halogens is 3. The Morgan fingerprint density at radius 2 is 1.97 bits per heavy atom. The standard InChI is InChI=1S/C22H29F3N4O/c1-6-7-19(29-16(4)17-11-15(3)28-20(12-17)26-5)18-10-14(2)21(27-13-18)30-9-8-22(23,24)25/h7,10-13,16,29H,6,8-9H2,1-5H3,(H,26,28)/b19-7+. The number of allylic oxidation sites excluding steroid dienone is 1. The van der Waals surface area contributed by atoms with Crippen molar-refractivity contribution in [1.29, 1.82) is 0 Å². The second kappa shape index (κ2) is 10.3. The molecule has 2 heterocycles. The van der Waals surface area contributed by atoms with E-state index >= 15 is 0 Å². The second-order valence-corrected chi connectivity index (χ2v) is 7.13. The number of hydrogen-bond acceptors (Lipinski definition) is 5. The summed E-state index contributed by atoms with van der Waals surface area (Å²) in [5.74, 6) is 1.02. The van der Waals surface area contributed by atoms with Gasteiger partial charge in [-0.1, -0.05) is 13.0 Å². The van der Waals surface area contributed by atoms with E-state index in [4.69, 9.17) is 4.74 Å². The Labute approximate surface area is 175 Å². The van der Waals surface area contributed by atoms with Gasteiger partial charge in [-0.15, -0.1) is 0 Å². The highest BCUT2D eigenvalue weighted by atomic mass is 19.4. The minimum Gasteiger partial charge on any atom is -0.477 e. The number of hydrogen-bond donors (Lipinski definition) is 2. The molecule has 0 spiro atoms. The van der Waals surface area contributed by atoms with E-state index in [1.165, 1.54) is 0 Å². The Balaban J connectivity index is 2.17. The third kappa shape index (κ3) is 6.93. The van der Waals surface area contributed by atoms with E-state index < -0.39 is 19.2 Å². The van der Waals surface area contributed by atoms with Crippen molar-refractivity contribution < 1.29 is 17.9 Å². The highest BCUT2D eigenvalue weighted by Gasteiger charge is 2.27. The maximum absolute atomic E-state index is 12.3. The van der Waals surface area contributed by atoms with E-state index in [2.05, 4.69) is 33.6 Å². The van der Waals surface area contributed by atoms with Crippen molar-refractivity contribution in [2.75, 3.05) is 19.0 Å². The van der Waals surface area contributed by atoms with Crippen molar-refractivity contribution in [2.24, 2.45) is 0 Å². The summed E-state index contributed by atoms with van der Waals surface area (Å²) in [5, 5.41) is 6.58. The largest absolute Gasteiger partial charge is 0.477 e. The van der Waals surface area contributed by atoms with Crippen molar-refractivity contribution in [2.45, 2.75) is 52.8 Å². The van der Waals surface area contributed by atoms with Crippen molar-refractivity contribution in [1.82, 2.24) is 15.3 Å². The van der Waals surface area contributed by atoms with E-state index in [0.717, 1.165) is 34.8 Å². The first-order valence-corrected chi connectivity index (χ1v) is 9.92. The fraction of sp³-hybridized carbons (Fsp3) is 0.455. The average molecular weight is 422 g/mol. The van der Waals surface area contributed by atoms with Gasteiger partial charge in [0.25, 0.3) is 0 Å². The predicted octanol–water partition coefficient (Wildman–Crippen LogP) is 5.57.